The van der Waals surface area contributed by atoms with Crippen molar-refractivity contribution in [3.63, 3.8) is 0 Å². The third-order valence-electron chi connectivity index (χ3n) is 7.83. The van der Waals surface area contributed by atoms with Crippen LogP contribution in [0.15, 0.2) is 65.0 Å². The summed E-state index contributed by atoms with van der Waals surface area (Å²) < 4.78 is 11.7. The molecule has 0 bridgehead atoms. The second-order valence-corrected chi connectivity index (χ2v) is 10.8. The summed E-state index contributed by atoms with van der Waals surface area (Å²) in [7, 11) is 0. The minimum Gasteiger partial charge on any atom is -0.504 e. The molecule has 3 aliphatic rings. The molecule has 2 atom stereocenters. The van der Waals surface area contributed by atoms with Gasteiger partial charge in [-0.2, -0.15) is 0 Å². The number of allylic oxidation sites excluding steroid dienone is 3. The van der Waals surface area contributed by atoms with Crippen molar-refractivity contribution in [1.29, 1.82) is 0 Å². The van der Waals surface area contributed by atoms with Crippen molar-refractivity contribution >= 4 is 23.4 Å². The van der Waals surface area contributed by atoms with E-state index in [1.165, 1.54) is 0 Å². The zero-order valence-electron chi connectivity index (χ0n) is 21.9. The largest absolute Gasteiger partial charge is 0.504 e. The third-order valence-corrected chi connectivity index (χ3v) is 8.08. The average Bonchev–Trinajstić information content (AvgIpc) is 2.90. The smallest absolute Gasteiger partial charge is 0.337 e. The predicted molar refractivity (Wildman–Crippen MR) is 146 cm³/mol. The van der Waals surface area contributed by atoms with Crippen molar-refractivity contribution in [3.05, 3.63) is 81.2 Å². The number of Topliss-reactive ketones (excluding diaryl/α,β-unsaturated/α-hetero) is 1. The second-order valence-electron chi connectivity index (χ2n) is 10.4. The average molecular weight is 536 g/mol. The molecular formula is C31H34ClNO5. The lowest BCUT2D eigenvalue weighted by molar-refractivity contribution is -0.146. The van der Waals surface area contributed by atoms with Crippen molar-refractivity contribution in [2.24, 2.45) is 0 Å². The van der Waals surface area contributed by atoms with E-state index in [0.29, 0.717) is 52.6 Å². The van der Waals surface area contributed by atoms with Crippen molar-refractivity contribution < 1.29 is 24.2 Å². The van der Waals surface area contributed by atoms with Crippen molar-refractivity contribution in [3.8, 4) is 11.5 Å². The summed E-state index contributed by atoms with van der Waals surface area (Å²) in [4.78, 5) is 27.5. The number of rotatable bonds is 6. The van der Waals surface area contributed by atoms with Crippen LogP contribution in [0.5, 0.6) is 11.5 Å². The molecule has 0 aromatic heterocycles. The number of carbonyl (C=O) groups excluding carboxylic acids is 2. The Labute approximate surface area is 228 Å². The van der Waals surface area contributed by atoms with Gasteiger partial charge in [0, 0.05) is 34.3 Å². The van der Waals surface area contributed by atoms with E-state index in [9.17, 15) is 14.7 Å². The van der Waals surface area contributed by atoms with Crippen molar-refractivity contribution in [2.75, 3.05) is 6.61 Å². The maximum atomic E-state index is 13.8. The van der Waals surface area contributed by atoms with Gasteiger partial charge in [0.2, 0.25) is 0 Å². The van der Waals surface area contributed by atoms with Gasteiger partial charge in [0.25, 0.3) is 0 Å². The summed E-state index contributed by atoms with van der Waals surface area (Å²) in [6.07, 6.45) is 5.84. The quantitative estimate of drug-likeness (QED) is 0.401. The van der Waals surface area contributed by atoms with E-state index >= 15 is 0 Å². The fraction of sp³-hybridized carbons (Fsp3) is 0.419. The Kier molecular flexibility index (Phi) is 7.80. The summed E-state index contributed by atoms with van der Waals surface area (Å²) in [5, 5.41) is 14.4. The van der Waals surface area contributed by atoms with E-state index in [-0.39, 0.29) is 23.6 Å². The normalized spacial score (nSPS) is 22.1. The van der Waals surface area contributed by atoms with Gasteiger partial charge in [-0.25, -0.2) is 4.79 Å². The number of ketones is 1. The lowest BCUT2D eigenvalue weighted by Gasteiger charge is -2.37. The van der Waals surface area contributed by atoms with E-state index < -0.39 is 11.9 Å². The lowest BCUT2D eigenvalue weighted by Crippen LogP contribution is -2.37. The minimum absolute atomic E-state index is 0.00834. The van der Waals surface area contributed by atoms with Crippen molar-refractivity contribution in [1.82, 2.24) is 5.32 Å². The summed E-state index contributed by atoms with van der Waals surface area (Å²) in [6, 6.07) is 12.7. The van der Waals surface area contributed by atoms with E-state index in [2.05, 4.69) is 5.32 Å². The van der Waals surface area contributed by atoms with Crippen LogP contribution < -0.4 is 10.1 Å². The van der Waals surface area contributed by atoms with Gasteiger partial charge in [-0.05, 0) is 87.3 Å². The number of esters is 1. The molecule has 0 radical (unpaired) electrons. The summed E-state index contributed by atoms with van der Waals surface area (Å²) in [5.74, 6) is -0.661. The monoisotopic (exact) mass is 535 g/mol. The Hall–Kier alpha value is -3.25. The molecule has 6 nitrogen and oxygen atoms in total. The number of hydrogen-bond donors (Lipinski definition) is 2. The van der Waals surface area contributed by atoms with E-state index in [0.717, 1.165) is 43.4 Å². The topological polar surface area (TPSA) is 84.9 Å². The lowest BCUT2D eigenvalue weighted by atomic mass is 9.71. The van der Waals surface area contributed by atoms with Gasteiger partial charge >= 0.3 is 5.97 Å². The van der Waals surface area contributed by atoms with E-state index in [1.54, 1.807) is 18.2 Å². The molecular weight excluding hydrogens is 502 g/mol. The van der Waals surface area contributed by atoms with Crippen LogP contribution in [-0.2, 0) is 14.3 Å². The maximum Gasteiger partial charge on any atom is 0.337 e. The maximum absolute atomic E-state index is 13.8. The Morgan fingerprint density at radius 3 is 2.47 bits per heavy atom. The van der Waals surface area contributed by atoms with Gasteiger partial charge in [0.15, 0.2) is 17.3 Å². The molecule has 2 aliphatic carbocycles. The molecule has 1 heterocycles. The van der Waals surface area contributed by atoms with Crippen LogP contribution in [0.4, 0.5) is 0 Å². The van der Waals surface area contributed by atoms with Gasteiger partial charge in [0.1, 0.15) is 6.10 Å². The van der Waals surface area contributed by atoms with Crippen LogP contribution in [0.2, 0.25) is 5.02 Å². The van der Waals surface area contributed by atoms with Gasteiger partial charge in [0.05, 0.1) is 12.2 Å². The first-order valence-corrected chi connectivity index (χ1v) is 13.9. The first-order chi connectivity index (χ1) is 18.4. The molecule has 7 heteroatoms. The molecule has 38 heavy (non-hydrogen) atoms. The number of benzene rings is 2. The van der Waals surface area contributed by atoms with E-state index in [4.69, 9.17) is 21.1 Å². The molecule has 2 N–H and O–H groups in total. The molecule has 0 unspecified atom stereocenters. The fourth-order valence-corrected chi connectivity index (χ4v) is 6.12. The molecule has 5 rings (SSSR count). The molecule has 2 aromatic rings. The van der Waals surface area contributed by atoms with E-state index in [1.807, 2.05) is 38.1 Å². The second kappa shape index (κ2) is 11.2. The van der Waals surface area contributed by atoms with Gasteiger partial charge in [-0.15, -0.1) is 0 Å². The van der Waals surface area contributed by atoms with Crippen LogP contribution in [0.3, 0.4) is 0 Å². The van der Waals surface area contributed by atoms with Crippen LogP contribution in [-0.4, -0.2) is 29.6 Å². The van der Waals surface area contributed by atoms with Crippen LogP contribution in [0.1, 0.15) is 81.8 Å². The highest BCUT2D eigenvalue weighted by Crippen LogP contribution is 2.47. The summed E-state index contributed by atoms with van der Waals surface area (Å²) >= 11 is 6.09. The third kappa shape index (κ3) is 5.32. The number of nitrogens with one attached hydrogen (secondary N) is 1. The zero-order valence-corrected chi connectivity index (χ0v) is 22.6. The molecule has 1 saturated carbocycles. The number of ether oxygens (including phenoxy) is 2. The predicted octanol–water partition coefficient (Wildman–Crippen LogP) is 6.68. The number of hydrogen-bond acceptors (Lipinski definition) is 6. The van der Waals surface area contributed by atoms with Crippen molar-refractivity contribution in [2.45, 2.75) is 76.7 Å². The number of phenolic OH excluding ortho intramolecular Hbond substituents is 1. The highest BCUT2D eigenvalue weighted by Gasteiger charge is 2.42. The SMILES string of the molecule is CCOc1cc([C@H]2C(C(=O)OC3CCCCC3)=C(C)NC3=C2C(=O)C[C@@H](c2ccc(Cl)cc2)C3)ccc1O. The number of carbonyl (C=O) groups is 2. The summed E-state index contributed by atoms with van der Waals surface area (Å²) in [5.41, 5.74) is 4.31. The van der Waals surface area contributed by atoms with Crippen LogP contribution in [0, 0.1) is 0 Å². The number of dihydropyridines is 1. The molecule has 0 saturated heterocycles. The molecule has 1 aliphatic heterocycles. The van der Waals surface area contributed by atoms with Gasteiger partial charge in [-0.1, -0.05) is 36.2 Å². The molecule has 0 amide bonds. The standard InChI is InChI=1S/C31H34ClNO5/c1-3-37-27-17-20(11-14-25(27)34)29-28(31(36)38-23-7-5-4-6-8-23)18(2)33-24-15-21(16-26(35)30(24)29)19-9-12-22(32)13-10-19/h9-14,17,21,23,29,33-34H,3-8,15-16H2,1-2H3/t21-,29-/m0/s1. The number of aromatic hydroxyl groups is 1. The first kappa shape index (κ1) is 26.4. The van der Waals surface area contributed by atoms with Crippen LogP contribution in [0.25, 0.3) is 0 Å². The van der Waals surface area contributed by atoms with Crippen LogP contribution >= 0.6 is 11.6 Å². The Morgan fingerprint density at radius 1 is 1.05 bits per heavy atom. The van der Waals surface area contributed by atoms with Gasteiger partial charge in [-0.3, -0.25) is 4.79 Å². The Balaban J connectivity index is 1.55. The minimum atomic E-state index is -0.610. The highest BCUT2D eigenvalue weighted by atomic mass is 35.5. The van der Waals surface area contributed by atoms with Gasteiger partial charge < -0.3 is 19.9 Å². The Morgan fingerprint density at radius 2 is 1.76 bits per heavy atom. The molecule has 200 valence electrons. The first-order valence-electron chi connectivity index (χ1n) is 13.5. The fourth-order valence-electron chi connectivity index (χ4n) is 5.99. The number of halogens is 1. The molecule has 0 spiro atoms. The highest BCUT2D eigenvalue weighted by molar-refractivity contribution is 6.30. The molecule has 2 aromatic carbocycles. The summed E-state index contributed by atoms with van der Waals surface area (Å²) in [6.45, 7) is 4.09. The zero-order chi connectivity index (χ0) is 26.8. The Bertz CT molecular complexity index is 1290. The number of phenols is 1. The molecule has 1 fully saturated rings.